The van der Waals surface area contributed by atoms with Crippen molar-refractivity contribution in [3.63, 3.8) is 0 Å². The van der Waals surface area contributed by atoms with Crippen molar-refractivity contribution in [3.8, 4) is 11.3 Å². The number of carbonyl (C=O) groups excluding carboxylic acids is 1. The Hall–Kier alpha value is -2.34. The predicted molar refractivity (Wildman–Crippen MR) is 74.8 cm³/mol. The quantitative estimate of drug-likeness (QED) is 0.892. The summed E-state index contributed by atoms with van der Waals surface area (Å²) in [6.45, 7) is 1.10. The first kappa shape index (κ1) is 12.7. The monoisotopic (exact) mass is 269 g/mol. The van der Waals surface area contributed by atoms with Crippen LogP contribution >= 0.6 is 0 Å². The van der Waals surface area contributed by atoms with E-state index in [1.165, 1.54) is 0 Å². The molecule has 2 aromatic heterocycles. The van der Waals surface area contributed by atoms with Crippen LogP contribution in [0.15, 0.2) is 36.8 Å². The maximum Gasteiger partial charge on any atom is 0.232 e. The van der Waals surface area contributed by atoms with Gasteiger partial charge in [-0.05, 0) is 30.7 Å². The van der Waals surface area contributed by atoms with E-state index in [9.17, 15) is 4.79 Å². The molecule has 102 valence electrons. The third-order valence-corrected chi connectivity index (χ3v) is 3.40. The first-order valence-electron chi connectivity index (χ1n) is 6.52. The van der Waals surface area contributed by atoms with Crippen molar-refractivity contribution >= 4 is 11.9 Å². The minimum atomic E-state index is 0.0346. The van der Waals surface area contributed by atoms with Crippen LogP contribution in [0.2, 0.25) is 0 Å². The molecule has 1 aliphatic rings. The molecule has 0 saturated carbocycles. The SMILES string of the molecule is NCC1CC(=O)N(c2nccc(-c3ccncc3)n2)C1. The molecule has 1 aliphatic heterocycles. The number of anilines is 1. The van der Waals surface area contributed by atoms with Gasteiger partial charge in [-0.3, -0.25) is 14.7 Å². The Morgan fingerprint density at radius 2 is 2.05 bits per heavy atom. The Morgan fingerprint density at radius 3 is 2.75 bits per heavy atom. The van der Waals surface area contributed by atoms with Crippen LogP contribution in [0.25, 0.3) is 11.3 Å². The molecule has 1 atom stereocenters. The summed E-state index contributed by atoms with van der Waals surface area (Å²) in [4.78, 5) is 26.2. The molecule has 0 aromatic carbocycles. The molecule has 3 rings (SSSR count). The Kier molecular flexibility index (Phi) is 3.39. The number of amides is 1. The minimum Gasteiger partial charge on any atom is -0.330 e. The number of carbonyl (C=O) groups is 1. The van der Waals surface area contributed by atoms with Crippen molar-refractivity contribution in [2.45, 2.75) is 6.42 Å². The van der Waals surface area contributed by atoms with Crippen LogP contribution in [0.3, 0.4) is 0 Å². The van der Waals surface area contributed by atoms with Gasteiger partial charge in [0.2, 0.25) is 11.9 Å². The maximum absolute atomic E-state index is 12.0. The van der Waals surface area contributed by atoms with Crippen LogP contribution in [-0.2, 0) is 4.79 Å². The summed E-state index contributed by atoms with van der Waals surface area (Å²) in [6, 6.07) is 5.57. The van der Waals surface area contributed by atoms with Gasteiger partial charge < -0.3 is 5.73 Å². The van der Waals surface area contributed by atoms with Crippen LogP contribution in [0.1, 0.15) is 6.42 Å². The van der Waals surface area contributed by atoms with Crippen molar-refractivity contribution in [2.75, 3.05) is 18.0 Å². The molecule has 6 heteroatoms. The van der Waals surface area contributed by atoms with Crippen LogP contribution in [-0.4, -0.2) is 33.9 Å². The van der Waals surface area contributed by atoms with Crippen LogP contribution in [0.4, 0.5) is 5.95 Å². The molecule has 1 fully saturated rings. The molecule has 2 N–H and O–H groups in total. The lowest BCUT2D eigenvalue weighted by Crippen LogP contribution is -2.27. The average Bonchev–Trinajstić information content (AvgIpc) is 2.89. The number of aromatic nitrogens is 3. The summed E-state index contributed by atoms with van der Waals surface area (Å²) < 4.78 is 0. The van der Waals surface area contributed by atoms with Crippen LogP contribution < -0.4 is 10.6 Å². The normalized spacial score (nSPS) is 18.6. The Balaban J connectivity index is 1.91. The minimum absolute atomic E-state index is 0.0346. The summed E-state index contributed by atoms with van der Waals surface area (Å²) in [7, 11) is 0. The highest BCUT2D eigenvalue weighted by Crippen LogP contribution is 2.23. The molecule has 1 unspecified atom stereocenters. The van der Waals surface area contributed by atoms with E-state index in [-0.39, 0.29) is 11.8 Å². The second-order valence-electron chi connectivity index (χ2n) is 4.79. The van der Waals surface area contributed by atoms with Gasteiger partial charge in [-0.25, -0.2) is 9.97 Å². The summed E-state index contributed by atoms with van der Waals surface area (Å²) in [5.41, 5.74) is 7.36. The Morgan fingerprint density at radius 1 is 1.25 bits per heavy atom. The smallest absolute Gasteiger partial charge is 0.232 e. The number of hydrogen-bond acceptors (Lipinski definition) is 5. The summed E-state index contributed by atoms with van der Waals surface area (Å²) in [5, 5.41) is 0. The highest BCUT2D eigenvalue weighted by Gasteiger charge is 2.31. The van der Waals surface area contributed by atoms with E-state index >= 15 is 0 Å². The van der Waals surface area contributed by atoms with Crippen molar-refractivity contribution in [1.82, 2.24) is 15.0 Å². The molecule has 1 amide bonds. The number of nitrogens with zero attached hydrogens (tertiary/aromatic N) is 4. The molecule has 1 saturated heterocycles. The molecule has 3 heterocycles. The number of nitrogens with two attached hydrogens (primary N) is 1. The zero-order valence-electron chi connectivity index (χ0n) is 10.9. The Labute approximate surface area is 116 Å². The van der Waals surface area contributed by atoms with Gasteiger partial charge in [0.15, 0.2) is 0 Å². The standard InChI is InChI=1S/C14H15N5O/c15-8-10-7-13(20)19(9-10)14-17-6-3-12(18-14)11-1-4-16-5-2-11/h1-6,10H,7-9,15H2. The fourth-order valence-corrected chi connectivity index (χ4v) is 2.29. The third kappa shape index (κ3) is 2.37. The lowest BCUT2D eigenvalue weighted by atomic mass is 10.1. The molecular weight excluding hydrogens is 254 g/mol. The highest BCUT2D eigenvalue weighted by molar-refractivity contribution is 5.94. The van der Waals surface area contributed by atoms with Gasteiger partial charge in [0.25, 0.3) is 0 Å². The first-order valence-corrected chi connectivity index (χ1v) is 6.52. The predicted octanol–water partition coefficient (Wildman–Crippen LogP) is 0.850. The van der Waals surface area contributed by atoms with Gasteiger partial charge in [-0.2, -0.15) is 0 Å². The summed E-state index contributed by atoms with van der Waals surface area (Å²) >= 11 is 0. The number of hydrogen-bond donors (Lipinski definition) is 1. The second kappa shape index (κ2) is 5.34. The molecule has 6 nitrogen and oxygen atoms in total. The van der Waals surface area contributed by atoms with Crippen molar-refractivity contribution < 1.29 is 4.79 Å². The number of rotatable bonds is 3. The largest absolute Gasteiger partial charge is 0.330 e. The third-order valence-electron chi connectivity index (χ3n) is 3.40. The van der Waals surface area contributed by atoms with Crippen molar-refractivity contribution in [2.24, 2.45) is 11.7 Å². The van der Waals surface area contributed by atoms with Crippen LogP contribution in [0, 0.1) is 5.92 Å². The van der Waals surface area contributed by atoms with E-state index in [0.717, 1.165) is 11.3 Å². The van der Waals surface area contributed by atoms with E-state index in [1.807, 2.05) is 18.2 Å². The molecule has 0 bridgehead atoms. The van der Waals surface area contributed by atoms with E-state index < -0.39 is 0 Å². The fraction of sp³-hybridized carbons (Fsp3) is 0.286. The van der Waals surface area contributed by atoms with Gasteiger partial charge >= 0.3 is 0 Å². The molecule has 0 aliphatic carbocycles. The zero-order valence-corrected chi connectivity index (χ0v) is 10.9. The van der Waals surface area contributed by atoms with Crippen molar-refractivity contribution in [3.05, 3.63) is 36.8 Å². The van der Waals surface area contributed by atoms with E-state index in [0.29, 0.717) is 25.5 Å². The molecule has 2 aromatic rings. The summed E-state index contributed by atoms with van der Waals surface area (Å²) in [6.07, 6.45) is 5.56. The molecule has 20 heavy (non-hydrogen) atoms. The average molecular weight is 269 g/mol. The maximum atomic E-state index is 12.0. The lowest BCUT2D eigenvalue weighted by molar-refractivity contribution is -0.117. The Bertz CT molecular complexity index is 616. The molecule has 0 spiro atoms. The van der Waals surface area contributed by atoms with Gasteiger partial charge in [-0.15, -0.1) is 0 Å². The molecular formula is C14H15N5O. The van der Waals surface area contributed by atoms with Crippen LogP contribution in [0.5, 0.6) is 0 Å². The highest BCUT2D eigenvalue weighted by atomic mass is 16.2. The number of pyridine rings is 1. The van der Waals surface area contributed by atoms with Gasteiger partial charge in [-0.1, -0.05) is 0 Å². The van der Waals surface area contributed by atoms with Gasteiger partial charge in [0, 0.05) is 37.1 Å². The molecule has 0 radical (unpaired) electrons. The zero-order chi connectivity index (χ0) is 13.9. The first-order chi connectivity index (χ1) is 9.78. The fourth-order valence-electron chi connectivity index (χ4n) is 2.29. The topological polar surface area (TPSA) is 85.0 Å². The van der Waals surface area contributed by atoms with E-state index in [1.54, 1.807) is 23.5 Å². The van der Waals surface area contributed by atoms with Crippen molar-refractivity contribution in [1.29, 1.82) is 0 Å². The van der Waals surface area contributed by atoms with Gasteiger partial charge in [0.05, 0.1) is 5.69 Å². The van der Waals surface area contributed by atoms with Gasteiger partial charge in [0.1, 0.15) is 0 Å². The van der Waals surface area contributed by atoms with E-state index in [4.69, 9.17) is 5.73 Å². The lowest BCUT2D eigenvalue weighted by Gasteiger charge is -2.14. The second-order valence-corrected chi connectivity index (χ2v) is 4.79. The summed E-state index contributed by atoms with van der Waals surface area (Å²) in [5.74, 6) is 0.670. The van der Waals surface area contributed by atoms with E-state index in [2.05, 4.69) is 15.0 Å².